The molecule has 0 aliphatic heterocycles. The van der Waals surface area contributed by atoms with E-state index in [2.05, 4.69) is 5.32 Å². The first-order valence-corrected chi connectivity index (χ1v) is 7.23. The van der Waals surface area contributed by atoms with Crippen molar-refractivity contribution in [1.82, 2.24) is 5.32 Å². The van der Waals surface area contributed by atoms with Crippen molar-refractivity contribution in [3.63, 3.8) is 0 Å². The summed E-state index contributed by atoms with van der Waals surface area (Å²) in [4.78, 5) is 11.7. The molecule has 116 valence electrons. The molecule has 0 bridgehead atoms. The van der Waals surface area contributed by atoms with Gasteiger partial charge in [0.15, 0.2) is 0 Å². The molecule has 2 rings (SSSR count). The Labute approximate surface area is 125 Å². The summed E-state index contributed by atoms with van der Waals surface area (Å²) in [6.45, 7) is 0.331. The number of aliphatic hydroxyl groups is 1. The molecule has 2 unspecified atom stereocenters. The number of aliphatic hydroxyl groups excluding tert-OH is 1. The van der Waals surface area contributed by atoms with Crippen LogP contribution < -0.4 is 5.32 Å². The van der Waals surface area contributed by atoms with Crippen LogP contribution in [0, 0.1) is 0 Å². The van der Waals surface area contributed by atoms with Gasteiger partial charge in [-0.1, -0.05) is 18.2 Å². The molecule has 1 amide bonds. The third-order valence-corrected chi connectivity index (χ3v) is 3.80. The summed E-state index contributed by atoms with van der Waals surface area (Å²) < 4.78 is 9.85. The van der Waals surface area contributed by atoms with Crippen LogP contribution in [-0.4, -0.2) is 38.4 Å². The number of fused-ring (bicyclic) bond motifs is 1. The molecule has 2 atom stereocenters. The van der Waals surface area contributed by atoms with Crippen LogP contribution in [-0.2, 0) is 20.7 Å². The monoisotopic (exact) mass is 293 g/mol. The number of amides is 1. The zero-order chi connectivity index (χ0) is 15.2. The van der Waals surface area contributed by atoms with E-state index in [0.717, 1.165) is 30.4 Å². The molecule has 1 aromatic carbocycles. The largest absolute Gasteiger partial charge is 0.386 e. The minimum atomic E-state index is -0.641. The lowest BCUT2D eigenvalue weighted by molar-refractivity contribution is -0.125. The number of carbonyl (C=O) groups is 1. The van der Waals surface area contributed by atoms with Gasteiger partial charge >= 0.3 is 0 Å². The maximum absolute atomic E-state index is 11.7. The third kappa shape index (κ3) is 4.03. The molecular weight excluding hydrogens is 270 g/mol. The number of methoxy groups -OCH3 is 2. The average molecular weight is 293 g/mol. The lowest BCUT2D eigenvalue weighted by Gasteiger charge is -2.27. The Hall–Kier alpha value is -1.43. The third-order valence-electron chi connectivity index (χ3n) is 3.80. The molecule has 2 N–H and O–H groups in total. The highest BCUT2D eigenvalue weighted by Crippen LogP contribution is 2.31. The lowest BCUT2D eigenvalue weighted by Crippen LogP contribution is -2.33. The Bertz CT molecular complexity index is 489. The summed E-state index contributed by atoms with van der Waals surface area (Å²) in [5.41, 5.74) is 3.15. The van der Waals surface area contributed by atoms with Crippen molar-refractivity contribution in [2.24, 2.45) is 0 Å². The van der Waals surface area contributed by atoms with Gasteiger partial charge in [0.25, 0.3) is 0 Å². The summed E-state index contributed by atoms with van der Waals surface area (Å²) in [6.07, 6.45) is 2.32. The van der Waals surface area contributed by atoms with Crippen molar-refractivity contribution in [3.05, 3.63) is 34.9 Å². The zero-order valence-electron chi connectivity index (χ0n) is 12.6. The highest BCUT2D eigenvalue weighted by Gasteiger charge is 2.23. The van der Waals surface area contributed by atoms with E-state index in [9.17, 15) is 9.90 Å². The van der Waals surface area contributed by atoms with Gasteiger partial charge in [-0.05, 0) is 36.0 Å². The minimum absolute atomic E-state index is 0.00825. The van der Waals surface area contributed by atoms with E-state index in [4.69, 9.17) is 9.47 Å². The molecule has 0 spiro atoms. The number of benzene rings is 1. The number of hydrogen-bond acceptors (Lipinski definition) is 4. The quantitative estimate of drug-likeness (QED) is 0.834. The standard InChI is InChI=1S/C16H23NO4/c1-20-9-15(18)12-7-6-11-4-3-5-14(13(11)8-12)17-16(19)10-21-2/h6-8,14-15,18H,3-5,9-10H2,1-2H3,(H,17,19). The fourth-order valence-corrected chi connectivity index (χ4v) is 2.80. The van der Waals surface area contributed by atoms with E-state index in [1.54, 1.807) is 7.11 Å². The summed E-state index contributed by atoms with van der Waals surface area (Å²) in [5, 5.41) is 13.0. The van der Waals surface area contributed by atoms with Gasteiger partial charge in [0.1, 0.15) is 12.7 Å². The molecule has 0 heterocycles. The van der Waals surface area contributed by atoms with Crippen LogP contribution >= 0.6 is 0 Å². The fourth-order valence-electron chi connectivity index (χ4n) is 2.80. The molecular formula is C16H23NO4. The molecule has 0 saturated heterocycles. The molecule has 1 aliphatic rings. The number of rotatable bonds is 6. The molecule has 21 heavy (non-hydrogen) atoms. The van der Waals surface area contributed by atoms with Gasteiger partial charge < -0.3 is 19.9 Å². The lowest BCUT2D eigenvalue weighted by atomic mass is 9.86. The Morgan fingerprint density at radius 1 is 1.43 bits per heavy atom. The molecule has 1 aliphatic carbocycles. The second kappa shape index (κ2) is 7.54. The fraction of sp³-hybridized carbons (Fsp3) is 0.562. The van der Waals surface area contributed by atoms with Crippen LogP contribution in [0.3, 0.4) is 0 Å². The number of hydrogen-bond donors (Lipinski definition) is 2. The van der Waals surface area contributed by atoms with Crippen LogP contribution in [0.5, 0.6) is 0 Å². The van der Waals surface area contributed by atoms with E-state index in [1.165, 1.54) is 12.7 Å². The Morgan fingerprint density at radius 3 is 2.95 bits per heavy atom. The van der Waals surface area contributed by atoms with E-state index in [0.29, 0.717) is 0 Å². The topological polar surface area (TPSA) is 67.8 Å². The van der Waals surface area contributed by atoms with Gasteiger partial charge in [-0.2, -0.15) is 0 Å². The number of ether oxygens (including phenoxy) is 2. The Kier molecular flexibility index (Phi) is 5.73. The number of nitrogens with one attached hydrogen (secondary N) is 1. The predicted octanol–water partition coefficient (Wildman–Crippen LogP) is 1.51. The molecule has 0 radical (unpaired) electrons. The van der Waals surface area contributed by atoms with E-state index in [-0.39, 0.29) is 25.2 Å². The van der Waals surface area contributed by atoms with Crippen LogP contribution in [0.25, 0.3) is 0 Å². The van der Waals surface area contributed by atoms with Gasteiger partial charge in [0, 0.05) is 14.2 Å². The smallest absolute Gasteiger partial charge is 0.246 e. The van der Waals surface area contributed by atoms with Crippen LogP contribution in [0.15, 0.2) is 18.2 Å². The van der Waals surface area contributed by atoms with Gasteiger partial charge in [-0.3, -0.25) is 4.79 Å². The molecule has 1 aromatic rings. The van der Waals surface area contributed by atoms with E-state index >= 15 is 0 Å². The molecule has 0 saturated carbocycles. The Morgan fingerprint density at radius 2 is 2.24 bits per heavy atom. The predicted molar refractivity (Wildman–Crippen MR) is 79.0 cm³/mol. The van der Waals surface area contributed by atoms with Gasteiger partial charge in [0.05, 0.1) is 12.6 Å². The first-order valence-electron chi connectivity index (χ1n) is 7.23. The van der Waals surface area contributed by atoms with Crippen molar-refractivity contribution >= 4 is 5.91 Å². The van der Waals surface area contributed by atoms with Crippen LogP contribution in [0.2, 0.25) is 0 Å². The van der Waals surface area contributed by atoms with Gasteiger partial charge in [0.2, 0.25) is 5.91 Å². The van der Waals surface area contributed by atoms with Crippen LogP contribution in [0.1, 0.15) is 41.7 Å². The van der Waals surface area contributed by atoms with E-state index < -0.39 is 6.10 Å². The second-order valence-corrected chi connectivity index (χ2v) is 5.37. The SMILES string of the molecule is COCC(=O)NC1CCCc2ccc(C(O)COC)cc21. The highest BCUT2D eigenvalue weighted by atomic mass is 16.5. The second-order valence-electron chi connectivity index (χ2n) is 5.37. The molecule has 5 nitrogen and oxygen atoms in total. The Balaban J connectivity index is 2.19. The van der Waals surface area contributed by atoms with Crippen molar-refractivity contribution in [3.8, 4) is 0 Å². The zero-order valence-corrected chi connectivity index (χ0v) is 12.6. The minimum Gasteiger partial charge on any atom is -0.386 e. The number of aryl methyl sites for hydroxylation is 1. The summed E-state index contributed by atoms with van der Waals surface area (Å²) in [5.74, 6) is -0.113. The molecule has 5 heteroatoms. The molecule has 0 aromatic heterocycles. The first kappa shape index (κ1) is 15.9. The first-order chi connectivity index (χ1) is 10.2. The highest BCUT2D eigenvalue weighted by molar-refractivity contribution is 5.77. The van der Waals surface area contributed by atoms with E-state index in [1.807, 2.05) is 18.2 Å². The van der Waals surface area contributed by atoms with Gasteiger partial charge in [-0.15, -0.1) is 0 Å². The van der Waals surface area contributed by atoms with Crippen molar-refractivity contribution in [1.29, 1.82) is 0 Å². The molecule has 0 fully saturated rings. The summed E-state index contributed by atoms with van der Waals surface area (Å²) in [7, 11) is 3.07. The average Bonchev–Trinajstić information content (AvgIpc) is 2.47. The van der Waals surface area contributed by atoms with Crippen molar-refractivity contribution in [2.75, 3.05) is 27.4 Å². The van der Waals surface area contributed by atoms with Crippen molar-refractivity contribution in [2.45, 2.75) is 31.4 Å². The summed E-state index contributed by atoms with van der Waals surface area (Å²) in [6, 6.07) is 5.95. The normalized spacial score (nSPS) is 18.9. The van der Waals surface area contributed by atoms with Crippen molar-refractivity contribution < 1.29 is 19.4 Å². The maximum atomic E-state index is 11.7. The van der Waals surface area contributed by atoms with Gasteiger partial charge in [-0.25, -0.2) is 0 Å². The van der Waals surface area contributed by atoms with Crippen LogP contribution in [0.4, 0.5) is 0 Å². The maximum Gasteiger partial charge on any atom is 0.246 e. The summed E-state index contributed by atoms with van der Waals surface area (Å²) >= 11 is 0. The number of carbonyl (C=O) groups excluding carboxylic acids is 1.